The highest BCUT2D eigenvalue weighted by Crippen LogP contribution is 2.36. The average molecular weight is 511 g/mol. The summed E-state index contributed by atoms with van der Waals surface area (Å²) in [7, 11) is 0. The predicted molar refractivity (Wildman–Crippen MR) is 150 cm³/mol. The summed E-state index contributed by atoms with van der Waals surface area (Å²) in [5.74, 6) is 2.61. The van der Waals surface area contributed by atoms with Gasteiger partial charge in [0.2, 0.25) is 0 Å². The van der Waals surface area contributed by atoms with Crippen LogP contribution in [0.3, 0.4) is 0 Å². The van der Waals surface area contributed by atoms with Crippen LogP contribution in [0.4, 0.5) is 0 Å². The first kappa shape index (κ1) is 26.2. The summed E-state index contributed by atoms with van der Waals surface area (Å²) in [4.78, 5) is 25.5. The molecule has 38 heavy (non-hydrogen) atoms. The van der Waals surface area contributed by atoms with E-state index in [1.54, 1.807) is 24.3 Å². The van der Waals surface area contributed by atoms with Crippen LogP contribution >= 0.6 is 0 Å². The van der Waals surface area contributed by atoms with Crippen molar-refractivity contribution < 1.29 is 19.1 Å². The van der Waals surface area contributed by atoms with Crippen LogP contribution in [0, 0.1) is 11.8 Å². The van der Waals surface area contributed by atoms with E-state index in [9.17, 15) is 9.59 Å². The number of carbonyl (C=O) groups excluding carboxylic acids is 2. The van der Waals surface area contributed by atoms with Crippen molar-refractivity contribution in [2.75, 3.05) is 0 Å². The maximum Gasteiger partial charge on any atom is 0.343 e. The Hall–Kier alpha value is -3.40. The number of rotatable bonds is 6. The van der Waals surface area contributed by atoms with Crippen LogP contribution in [0.15, 0.2) is 72.8 Å². The number of hydrogen-bond acceptors (Lipinski definition) is 4. The molecule has 0 aromatic heterocycles. The van der Waals surface area contributed by atoms with Gasteiger partial charge >= 0.3 is 11.9 Å². The Morgan fingerprint density at radius 2 is 0.921 bits per heavy atom. The summed E-state index contributed by atoms with van der Waals surface area (Å²) in [5, 5.41) is 0. The van der Waals surface area contributed by atoms with Crippen molar-refractivity contribution in [2.45, 2.75) is 77.0 Å². The van der Waals surface area contributed by atoms with E-state index < -0.39 is 11.9 Å². The Morgan fingerprint density at radius 1 is 0.553 bits per heavy atom. The molecule has 0 heterocycles. The van der Waals surface area contributed by atoms with E-state index in [0.29, 0.717) is 34.5 Å². The van der Waals surface area contributed by atoms with Crippen molar-refractivity contribution >= 4 is 11.9 Å². The molecule has 198 valence electrons. The topological polar surface area (TPSA) is 52.6 Å². The summed E-state index contributed by atoms with van der Waals surface area (Å²) in [6, 6.07) is 22.2. The van der Waals surface area contributed by atoms with Crippen molar-refractivity contribution in [3.63, 3.8) is 0 Å². The molecular formula is C34H38O4. The Kier molecular flexibility index (Phi) is 8.26. The molecule has 5 rings (SSSR count). The Morgan fingerprint density at radius 3 is 1.29 bits per heavy atom. The Labute approximate surface area is 226 Å². The fraction of sp³-hybridized carbons (Fsp3) is 0.412. The van der Waals surface area contributed by atoms with Gasteiger partial charge in [-0.25, -0.2) is 9.59 Å². The lowest BCUT2D eigenvalue weighted by molar-refractivity contribution is 0.0733. The van der Waals surface area contributed by atoms with Crippen LogP contribution in [0.2, 0.25) is 0 Å². The Bertz CT molecular complexity index is 1130. The number of carbonyl (C=O) groups is 2. The third kappa shape index (κ3) is 6.53. The second-order valence-electron chi connectivity index (χ2n) is 11.4. The first-order chi connectivity index (χ1) is 18.4. The van der Waals surface area contributed by atoms with Crippen LogP contribution in [0.5, 0.6) is 11.5 Å². The zero-order valence-electron chi connectivity index (χ0n) is 22.5. The molecule has 3 aromatic carbocycles. The van der Waals surface area contributed by atoms with Crippen LogP contribution in [-0.2, 0) is 0 Å². The van der Waals surface area contributed by atoms with Crippen LogP contribution in [-0.4, -0.2) is 11.9 Å². The minimum Gasteiger partial charge on any atom is -0.423 e. The quantitative estimate of drug-likeness (QED) is 0.246. The van der Waals surface area contributed by atoms with Crippen molar-refractivity contribution in [2.24, 2.45) is 11.8 Å². The van der Waals surface area contributed by atoms with Gasteiger partial charge in [0, 0.05) is 6.07 Å². The highest BCUT2D eigenvalue weighted by atomic mass is 16.5. The van der Waals surface area contributed by atoms with E-state index in [0.717, 1.165) is 11.8 Å². The first-order valence-electron chi connectivity index (χ1n) is 14.2. The molecule has 0 radical (unpaired) electrons. The van der Waals surface area contributed by atoms with E-state index in [1.807, 2.05) is 24.3 Å². The fourth-order valence-electron chi connectivity index (χ4n) is 5.90. The van der Waals surface area contributed by atoms with E-state index >= 15 is 0 Å². The molecule has 0 amide bonds. The van der Waals surface area contributed by atoms with E-state index in [4.69, 9.17) is 9.47 Å². The maximum absolute atomic E-state index is 12.7. The molecule has 4 heteroatoms. The minimum absolute atomic E-state index is 0.340. The van der Waals surface area contributed by atoms with E-state index in [2.05, 4.69) is 38.1 Å². The summed E-state index contributed by atoms with van der Waals surface area (Å²) in [6.45, 7) is 4.64. The zero-order chi connectivity index (χ0) is 26.5. The van der Waals surface area contributed by atoms with Crippen LogP contribution in [0.25, 0.3) is 0 Å². The maximum atomic E-state index is 12.7. The van der Waals surface area contributed by atoms with Gasteiger partial charge in [-0.05, 0) is 96.9 Å². The molecule has 2 aliphatic rings. The molecular weight excluding hydrogens is 472 g/mol. The van der Waals surface area contributed by atoms with Crippen LogP contribution in [0.1, 0.15) is 109 Å². The SMILES string of the molecule is CC1CCC(c2ccc(C(=O)Oc3cccc(OC(=O)c4ccc(C5CCC(C)CC5)cc4)c3)cc2)CC1. The summed E-state index contributed by atoms with van der Waals surface area (Å²) in [5.41, 5.74) is 3.60. The van der Waals surface area contributed by atoms with Gasteiger partial charge in [-0.3, -0.25) is 0 Å². The van der Waals surface area contributed by atoms with Gasteiger partial charge < -0.3 is 9.47 Å². The molecule has 0 N–H and O–H groups in total. The number of benzene rings is 3. The lowest BCUT2D eigenvalue weighted by Gasteiger charge is -2.26. The highest BCUT2D eigenvalue weighted by molar-refractivity contribution is 5.92. The number of esters is 2. The molecule has 4 nitrogen and oxygen atoms in total. The first-order valence-corrected chi connectivity index (χ1v) is 14.2. The monoisotopic (exact) mass is 510 g/mol. The highest BCUT2D eigenvalue weighted by Gasteiger charge is 2.21. The smallest absolute Gasteiger partial charge is 0.343 e. The lowest BCUT2D eigenvalue weighted by Crippen LogP contribution is -2.12. The third-order valence-corrected chi connectivity index (χ3v) is 8.49. The molecule has 0 spiro atoms. The molecule has 0 aliphatic heterocycles. The lowest BCUT2D eigenvalue weighted by atomic mass is 9.79. The van der Waals surface area contributed by atoms with Gasteiger partial charge in [0.1, 0.15) is 11.5 Å². The molecule has 3 aromatic rings. The average Bonchev–Trinajstić information content (AvgIpc) is 2.94. The van der Waals surface area contributed by atoms with Gasteiger partial charge in [0.25, 0.3) is 0 Å². The molecule has 0 atom stereocenters. The van der Waals surface area contributed by atoms with E-state index in [-0.39, 0.29) is 0 Å². The standard InChI is InChI=1S/C34H38O4/c1-23-6-10-25(11-7-23)27-14-18-29(19-15-27)33(35)37-31-4-3-5-32(22-31)38-34(36)30-20-16-28(17-21-30)26-12-8-24(2)9-13-26/h3-5,14-26H,6-13H2,1-2H3. The van der Waals surface area contributed by atoms with E-state index in [1.165, 1.54) is 62.5 Å². The second-order valence-corrected chi connectivity index (χ2v) is 11.4. The molecule has 2 saturated carbocycles. The van der Waals surface area contributed by atoms with Gasteiger partial charge in [0.15, 0.2) is 0 Å². The van der Waals surface area contributed by atoms with Crippen molar-refractivity contribution in [3.8, 4) is 11.5 Å². The van der Waals surface area contributed by atoms with Gasteiger partial charge in [-0.15, -0.1) is 0 Å². The van der Waals surface area contributed by atoms with Crippen molar-refractivity contribution in [1.82, 2.24) is 0 Å². The second kappa shape index (κ2) is 12.0. The van der Waals surface area contributed by atoms with Crippen molar-refractivity contribution in [1.29, 1.82) is 0 Å². The molecule has 2 fully saturated rings. The normalized spacial score (nSPS) is 23.4. The van der Waals surface area contributed by atoms with Crippen molar-refractivity contribution in [3.05, 3.63) is 95.1 Å². The molecule has 0 bridgehead atoms. The summed E-state index contributed by atoms with van der Waals surface area (Å²) < 4.78 is 11.2. The fourth-order valence-corrected chi connectivity index (χ4v) is 5.90. The number of hydrogen-bond donors (Lipinski definition) is 0. The minimum atomic E-state index is -0.426. The molecule has 0 saturated heterocycles. The van der Waals surface area contributed by atoms with Gasteiger partial charge in [-0.2, -0.15) is 0 Å². The predicted octanol–water partition coefficient (Wildman–Crippen LogP) is 8.71. The van der Waals surface area contributed by atoms with Crippen LogP contribution < -0.4 is 9.47 Å². The zero-order valence-corrected chi connectivity index (χ0v) is 22.5. The van der Waals surface area contributed by atoms with Gasteiger partial charge in [0.05, 0.1) is 11.1 Å². The largest absolute Gasteiger partial charge is 0.423 e. The molecule has 0 unspecified atom stereocenters. The third-order valence-electron chi connectivity index (χ3n) is 8.49. The summed E-state index contributed by atoms with van der Waals surface area (Å²) in [6.07, 6.45) is 9.89. The Balaban J connectivity index is 1.17. The molecule has 2 aliphatic carbocycles. The number of ether oxygens (including phenoxy) is 2. The summed E-state index contributed by atoms with van der Waals surface area (Å²) >= 11 is 0. The van der Waals surface area contributed by atoms with Gasteiger partial charge in [-0.1, -0.05) is 69.9 Å².